The number of hydrogen-bond donors (Lipinski definition) is 1. The van der Waals surface area contributed by atoms with Crippen molar-refractivity contribution in [1.29, 1.82) is 0 Å². The Morgan fingerprint density at radius 3 is 2.45 bits per heavy atom. The highest BCUT2D eigenvalue weighted by Gasteiger charge is 2.20. The summed E-state index contributed by atoms with van der Waals surface area (Å²) in [5.41, 5.74) is 1.87. The van der Waals surface area contributed by atoms with E-state index in [4.69, 9.17) is 0 Å². The molecule has 1 heterocycles. The lowest BCUT2D eigenvalue weighted by Gasteiger charge is -2.15. The first kappa shape index (κ1) is 15.2. The van der Waals surface area contributed by atoms with Gasteiger partial charge in [0.2, 0.25) is 10.0 Å². The second-order valence-electron chi connectivity index (χ2n) is 4.56. The van der Waals surface area contributed by atoms with Crippen LogP contribution in [-0.4, -0.2) is 13.4 Å². The molecule has 0 fully saturated rings. The summed E-state index contributed by atoms with van der Waals surface area (Å²) < 4.78 is 28.0. The second-order valence-corrected chi connectivity index (χ2v) is 7.09. The van der Waals surface area contributed by atoms with Gasteiger partial charge in [0.15, 0.2) is 0 Å². The first-order valence-electron chi connectivity index (χ1n) is 6.08. The lowest BCUT2D eigenvalue weighted by Crippen LogP contribution is -2.27. The number of sulfonamides is 1. The van der Waals surface area contributed by atoms with Gasteiger partial charge in [0.05, 0.1) is 4.90 Å². The van der Waals surface area contributed by atoms with Gasteiger partial charge in [0.1, 0.15) is 0 Å². The molecular formula is C14H15BrN2O2S. The van der Waals surface area contributed by atoms with Crippen LogP contribution in [0, 0.1) is 6.92 Å². The minimum atomic E-state index is -3.57. The first-order valence-corrected chi connectivity index (χ1v) is 8.36. The van der Waals surface area contributed by atoms with Gasteiger partial charge in [0.25, 0.3) is 0 Å². The second kappa shape index (κ2) is 6.03. The molecule has 0 aliphatic carbocycles. The zero-order valence-electron chi connectivity index (χ0n) is 11.2. The maximum atomic E-state index is 12.4. The molecule has 1 atom stereocenters. The molecule has 6 heteroatoms. The summed E-state index contributed by atoms with van der Waals surface area (Å²) in [6, 6.07) is 8.41. The van der Waals surface area contributed by atoms with Gasteiger partial charge in [-0.25, -0.2) is 13.1 Å². The Hall–Kier alpha value is -1.24. The van der Waals surface area contributed by atoms with E-state index in [-0.39, 0.29) is 10.9 Å². The first-order chi connectivity index (χ1) is 9.40. The zero-order valence-corrected chi connectivity index (χ0v) is 13.6. The van der Waals surface area contributed by atoms with Crippen molar-refractivity contribution in [3.8, 4) is 0 Å². The van der Waals surface area contributed by atoms with E-state index in [1.54, 1.807) is 49.6 Å². The minimum Gasteiger partial charge on any atom is -0.265 e. The number of nitrogens with zero attached hydrogens (tertiary/aromatic N) is 1. The smallest absolute Gasteiger partial charge is 0.242 e. The van der Waals surface area contributed by atoms with E-state index in [1.807, 2.05) is 6.92 Å². The molecule has 2 rings (SSSR count). The fourth-order valence-electron chi connectivity index (χ4n) is 1.84. The summed E-state index contributed by atoms with van der Waals surface area (Å²) in [6.45, 7) is 3.71. The third-order valence-electron chi connectivity index (χ3n) is 2.91. The third-order valence-corrected chi connectivity index (χ3v) is 5.43. The van der Waals surface area contributed by atoms with E-state index < -0.39 is 10.0 Å². The zero-order chi connectivity index (χ0) is 14.8. The Kier molecular flexibility index (Phi) is 4.57. The Morgan fingerprint density at radius 1 is 1.20 bits per heavy atom. The average molecular weight is 355 g/mol. The van der Waals surface area contributed by atoms with Gasteiger partial charge in [0, 0.05) is 22.9 Å². The lowest BCUT2D eigenvalue weighted by atomic mass is 10.1. The maximum absolute atomic E-state index is 12.4. The van der Waals surface area contributed by atoms with Gasteiger partial charge < -0.3 is 0 Å². The average Bonchev–Trinajstić information content (AvgIpc) is 2.38. The number of rotatable bonds is 4. The minimum absolute atomic E-state index is 0.240. The molecule has 106 valence electrons. The van der Waals surface area contributed by atoms with Crippen molar-refractivity contribution in [2.45, 2.75) is 24.8 Å². The molecule has 2 aromatic rings. The molecule has 1 N–H and O–H groups in total. The van der Waals surface area contributed by atoms with Crippen LogP contribution < -0.4 is 4.72 Å². The summed E-state index contributed by atoms with van der Waals surface area (Å²) in [4.78, 5) is 4.16. The summed E-state index contributed by atoms with van der Waals surface area (Å²) in [7, 11) is -3.57. The van der Waals surface area contributed by atoms with Gasteiger partial charge in [-0.1, -0.05) is 6.07 Å². The SMILES string of the molecule is Cc1ccc(S(=O)(=O)NC(C)c2ccncc2)c(Br)c1. The fourth-order valence-corrected chi connectivity index (χ4v) is 4.26. The van der Waals surface area contributed by atoms with Crippen molar-refractivity contribution in [2.75, 3.05) is 0 Å². The van der Waals surface area contributed by atoms with Gasteiger partial charge in [-0.2, -0.15) is 0 Å². The topological polar surface area (TPSA) is 59.1 Å². The van der Waals surface area contributed by atoms with Crippen molar-refractivity contribution >= 4 is 26.0 Å². The van der Waals surface area contributed by atoms with Crippen molar-refractivity contribution in [3.05, 3.63) is 58.3 Å². The maximum Gasteiger partial charge on any atom is 0.242 e. The predicted octanol–water partition coefficient (Wildman–Crippen LogP) is 3.19. The molecule has 1 aromatic carbocycles. The number of halogens is 1. The van der Waals surface area contributed by atoms with Gasteiger partial charge in [-0.15, -0.1) is 0 Å². The lowest BCUT2D eigenvalue weighted by molar-refractivity contribution is 0.566. The largest absolute Gasteiger partial charge is 0.265 e. The highest BCUT2D eigenvalue weighted by molar-refractivity contribution is 9.10. The van der Waals surface area contributed by atoms with Crippen molar-refractivity contribution in [2.24, 2.45) is 0 Å². The Bertz CT molecular complexity index is 702. The van der Waals surface area contributed by atoms with Crippen LogP contribution in [0.4, 0.5) is 0 Å². The fraction of sp³-hybridized carbons (Fsp3) is 0.214. The van der Waals surface area contributed by atoms with Gasteiger partial charge in [-0.05, 0) is 65.2 Å². The molecule has 0 bridgehead atoms. The van der Waals surface area contributed by atoms with E-state index in [0.29, 0.717) is 4.47 Å². The number of hydrogen-bond acceptors (Lipinski definition) is 3. The summed E-state index contributed by atoms with van der Waals surface area (Å²) in [5.74, 6) is 0. The van der Waals surface area contributed by atoms with Crippen LogP contribution in [0.1, 0.15) is 24.1 Å². The number of pyridine rings is 1. The molecule has 1 unspecified atom stereocenters. The molecule has 0 aliphatic heterocycles. The highest BCUT2D eigenvalue weighted by Crippen LogP contribution is 2.24. The number of aromatic nitrogens is 1. The molecule has 0 radical (unpaired) electrons. The van der Waals surface area contributed by atoms with Crippen LogP contribution in [0.25, 0.3) is 0 Å². The van der Waals surface area contributed by atoms with Gasteiger partial charge >= 0.3 is 0 Å². The standard InChI is InChI=1S/C14H15BrN2O2S/c1-10-3-4-14(13(15)9-10)20(18,19)17-11(2)12-5-7-16-8-6-12/h3-9,11,17H,1-2H3. The molecule has 0 aliphatic rings. The quantitative estimate of drug-likeness (QED) is 0.916. The molecule has 0 amide bonds. The van der Waals surface area contributed by atoms with Crippen LogP contribution in [0.2, 0.25) is 0 Å². The van der Waals surface area contributed by atoms with Crippen molar-refractivity contribution in [3.63, 3.8) is 0 Å². The highest BCUT2D eigenvalue weighted by atomic mass is 79.9. The predicted molar refractivity (Wildman–Crippen MR) is 81.9 cm³/mol. The van der Waals surface area contributed by atoms with Crippen LogP contribution in [0.15, 0.2) is 52.1 Å². The van der Waals surface area contributed by atoms with Crippen LogP contribution in [0.5, 0.6) is 0 Å². The number of aryl methyl sites for hydroxylation is 1. The summed E-state index contributed by atoms with van der Waals surface area (Å²) >= 11 is 3.30. The number of benzene rings is 1. The third kappa shape index (κ3) is 3.45. The molecular weight excluding hydrogens is 340 g/mol. The normalized spacial score (nSPS) is 13.2. The van der Waals surface area contributed by atoms with Crippen molar-refractivity contribution in [1.82, 2.24) is 9.71 Å². The van der Waals surface area contributed by atoms with E-state index in [9.17, 15) is 8.42 Å². The van der Waals surface area contributed by atoms with Crippen molar-refractivity contribution < 1.29 is 8.42 Å². The summed E-state index contributed by atoms with van der Waals surface area (Å²) in [6.07, 6.45) is 3.28. The molecule has 0 spiro atoms. The molecule has 20 heavy (non-hydrogen) atoms. The Morgan fingerprint density at radius 2 is 1.85 bits per heavy atom. The molecule has 1 aromatic heterocycles. The van der Waals surface area contributed by atoms with E-state index in [2.05, 4.69) is 25.6 Å². The molecule has 0 saturated heterocycles. The van der Waals surface area contributed by atoms with Crippen LogP contribution in [-0.2, 0) is 10.0 Å². The monoisotopic (exact) mass is 354 g/mol. The van der Waals surface area contributed by atoms with Gasteiger partial charge in [-0.3, -0.25) is 4.98 Å². The van der Waals surface area contributed by atoms with E-state index >= 15 is 0 Å². The van der Waals surface area contributed by atoms with E-state index in [1.165, 1.54) is 0 Å². The Labute approximate surface area is 127 Å². The Balaban J connectivity index is 2.28. The summed E-state index contributed by atoms with van der Waals surface area (Å²) in [5, 5.41) is 0. The molecule has 0 saturated carbocycles. The van der Waals surface area contributed by atoms with Crippen LogP contribution in [0.3, 0.4) is 0 Å². The van der Waals surface area contributed by atoms with E-state index in [0.717, 1.165) is 11.1 Å². The molecule has 4 nitrogen and oxygen atoms in total. The van der Waals surface area contributed by atoms with Crippen LogP contribution >= 0.6 is 15.9 Å². The number of nitrogens with one attached hydrogen (secondary N) is 1.